The Kier molecular flexibility index (Phi) is 6.43. The zero-order valence-corrected chi connectivity index (χ0v) is 16.5. The summed E-state index contributed by atoms with van der Waals surface area (Å²) in [6.45, 7) is 6.09. The molecule has 1 heterocycles. The molecule has 1 amide bonds. The van der Waals surface area contributed by atoms with Crippen LogP contribution in [0.5, 0.6) is 0 Å². The second-order valence-electron chi connectivity index (χ2n) is 6.39. The van der Waals surface area contributed by atoms with E-state index in [1.165, 1.54) is 0 Å². The standard InChI is InChI=1S/C23H23N5O/c1-3-28(4-2)20-11-9-18(10-12-20)27-23(29)22-15-19(13-14-25-22)26-21-8-6-5-7-17(21)16-24/h5-15H,3-4H2,1-2H3,(H,25,26)(H,27,29). The molecule has 6 nitrogen and oxygen atoms in total. The van der Waals surface area contributed by atoms with Crippen LogP contribution in [0.2, 0.25) is 0 Å². The number of hydrogen-bond acceptors (Lipinski definition) is 5. The first-order valence-corrected chi connectivity index (χ1v) is 9.53. The summed E-state index contributed by atoms with van der Waals surface area (Å²) in [6.07, 6.45) is 1.57. The zero-order chi connectivity index (χ0) is 20.6. The van der Waals surface area contributed by atoms with Crippen molar-refractivity contribution in [3.63, 3.8) is 0 Å². The number of amides is 1. The van der Waals surface area contributed by atoms with Gasteiger partial charge >= 0.3 is 0 Å². The van der Waals surface area contributed by atoms with E-state index < -0.39 is 0 Å². The highest BCUT2D eigenvalue weighted by molar-refractivity contribution is 6.03. The summed E-state index contributed by atoms with van der Waals surface area (Å²) in [5, 5.41) is 15.3. The highest BCUT2D eigenvalue weighted by atomic mass is 16.1. The van der Waals surface area contributed by atoms with Crippen molar-refractivity contribution in [3.8, 4) is 6.07 Å². The molecule has 6 heteroatoms. The summed E-state index contributed by atoms with van der Waals surface area (Å²) >= 11 is 0. The molecular weight excluding hydrogens is 362 g/mol. The minimum Gasteiger partial charge on any atom is -0.372 e. The molecule has 3 aromatic rings. The summed E-state index contributed by atoms with van der Waals surface area (Å²) < 4.78 is 0. The molecule has 3 rings (SSSR count). The maximum absolute atomic E-state index is 12.6. The van der Waals surface area contributed by atoms with Gasteiger partial charge in [0.25, 0.3) is 5.91 Å². The third kappa shape index (κ3) is 4.90. The smallest absolute Gasteiger partial charge is 0.274 e. The Morgan fingerprint density at radius 1 is 1.03 bits per heavy atom. The first kappa shape index (κ1) is 19.9. The third-order valence-electron chi connectivity index (χ3n) is 4.57. The van der Waals surface area contributed by atoms with Crippen LogP contribution in [-0.2, 0) is 0 Å². The molecule has 29 heavy (non-hydrogen) atoms. The van der Waals surface area contributed by atoms with Crippen molar-refractivity contribution in [2.24, 2.45) is 0 Å². The van der Waals surface area contributed by atoms with Gasteiger partial charge in [-0.1, -0.05) is 12.1 Å². The van der Waals surface area contributed by atoms with Crippen LogP contribution in [-0.4, -0.2) is 24.0 Å². The Hall–Kier alpha value is -3.85. The average molecular weight is 385 g/mol. The normalized spacial score (nSPS) is 10.1. The van der Waals surface area contributed by atoms with Crippen molar-refractivity contribution in [2.45, 2.75) is 13.8 Å². The van der Waals surface area contributed by atoms with Gasteiger partial charge in [0, 0.05) is 36.3 Å². The van der Waals surface area contributed by atoms with Crippen molar-refractivity contribution in [3.05, 3.63) is 78.1 Å². The van der Waals surface area contributed by atoms with Crippen LogP contribution in [0.3, 0.4) is 0 Å². The molecule has 0 atom stereocenters. The second kappa shape index (κ2) is 9.38. The van der Waals surface area contributed by atoms with Crippen molar-refractivity contribution < 1.29 is 4.79 Å². The second-order valence-corrected chi connectivity index (χ2v) is 6.39. The number of nitriles is 1. The summed E-state index contributed by atoms with van der Waals surface area (Å²) in [7, 11) is 0. The molecule has 0 fully saturated rings. The van der Waals surface area contributed by atoms with E-state index in [2.05, 4.69) is 40.4 Å². The van der Waals surface area contributed by atoms with E-state index in [4.69, 9.17) is 0 Å². The molecule has 0 bridgehead atoms. The van der Waals surface area contributed by atoms with Crippen LogP contribution in [0.25, 0.3) is 0 Å². The molecule has 0 aliphatic heterocycles. The summed E-state index contributed by atoms with van der Waals surface area (Å²) in [4.78, 5) is 19.0. The molecule has 1 aromatic heterocycles. The van der Waals surface area contributed by atoms with Crippen molar-refractivity contribution in [1.82, 2.24) is 4.98 Å². The van der Waals surface area contributed by atoms with Gasteiger partial charge in [-0.3, -0.25) is 9.78 Å². The minimum absolute atomic E-state index is 0.289. The SMILES string of the molecule is CCN(CC)c1ccc(NC(=O)c2cc(Nc3ccccc3C#N)ccn2)cc1. The van der Waals surface area contributed by atoms with Crippen molar-refractivity contribution in [1.29, 1.82) is 5.26 Å². The van der Waals surface area contributed by atoms with Gasteiger partial charge in [-0.2, -0.15) is 5.26 Å². The molecule has 0 unspecified atom stereocenters. The number of nitrogens with one attached hydrogen (secondary N) is 2. The fourth-order valence-corrected chi connectivity index (χ4v) is 3.02. The van der Waals surface area contributed by atoms with E-state index in [0.29, 0.717) is 22.6 Å². The molecule has 0 aliphatic carbocycles. The summed E-state index contributed by atoms with van der Waals surface area (Å²) in [6, 6.07) is 20.5. The maximum Gasteiger partial charge on any atom is 0.274 e. The number of hydrogen-bond donors (Lipinski definition) is 2. The van der Waals surface area contributed by atoms with Gasteiger partial charge in [0.1, 0.15) is 11.8 Å². The lowest BCUT2D eigenvalue weighted by Crippen LogP contribution is -2.21. The molecule has 2 N–H and O–H groups in total. The molecule has 0 radical (unpaired) electrons. The Balaban J connectivity index is 1.72. The van der Waals surface area contributed by atoms with Crippen LogP contribution in [0, 0.1) is 11.3 Å². The largest absolute Gasteiger partial charge is 0.372 e. The van der Waals surface area contributed by atoms with E-state index in [9.17, 15) is 10.1 Å². The van der Waals surface area contributed by atoms with Gasteiger partial charge in [-0.05, 0) is 62.4 Å². The number of pyridine rings is 1. The lowest BCUT2D eigenvalue weighted by molar-refractivity contribution is 0.102. The van der Waals surface area contributed by atoms with Gasteiger partial charge in [-0.15, -0.1) is 0 Å². The van der Waals surface area contributed by atoms with Crippen LogP contribution in [0.4, 0.5) is 22.7 Å². The van der Waals surface area contributed by atoms with Crippen molar-refractivity contribution >= 4 is 28.7 Å². The van der Waals surface area contributed by atoms with E-state index >= 15 is 0 Å². The number of aromatic nitrogens is 1. The Labute approximate surface area is 170 Å². The number of carbonyl (C=O) groups is 1. The van der Waals surface area contributed by atoms with Gasteiger partial charge in [0.2, 0.25) is 0 Å². The van der Waals surface area contributed by atoms with Gasteiger partial charge < -0.3 is 15.5 Å². The molecule has 0 spiro atoms. The Morgan fingerprint density at radius 3 is 2.45 bits per heavy atom. The van der Waals surface area contributed by atoms with Crippen LogP contribution >= 0.6 is 0 Å². The fraction of sp³-hybridized carbons (Fsp3) is 0.174. The number of benzene rings is 2. The van der Waals surface area contributed by atoms with E-state index in [1.807, 2.05) is 36.4 Å². The highest BCUT2D eigenvalue weighted by Gasteiger charge is 2.10. The zero-order valence-electron chi connectivity index (χ0n) is 16.5. The summed E-state index contributed by atoms with van der Waals surface area (Å²) in [5.74, 6) is -0.294. The molecule has 2 aromatic carbocycles. The Bertz CT molecular complexity index is 1020. The monoisotopic (exact) mass is 385 g/mol. The lowest BCUT2D eigenvalue weighted by atomic mass is 10.2. The van der Waals surface area contributed by atoms with Gasteiger partial charge in [0.05, 0.1) is 11.3 Å². The number of para-hydroxylation sites is 1. The number of rotatable bonds is 7. The fourth-order valence-electron chi connectivity index (χ4n) is 3.02. The summed E-state index contributed by atoms with van der Waals surface area (Å²) in [5.41, 5.74) is 4.01. The number of anilines is 4. The topological polar surface area (TPSA) is 81.0 Å². The predicted octanol–water partition coefficient (Wildman–Crippen LogP) is 4.80. The maximum atomic E-state index is 12.6. The first-order chi connectivity index (χ1) is 14.1. The van der Waals surface area contributed by atoms with Gasteiger partial charge in [-0.25, -0.2) is 0 Å². The quantitative estimate of drug-likeness (QED) is 0.611. The average Bonchev–Trinajstić information content (AvgIpc) is 2.76. The molecule has 0 saturated heterocycles. The van der Waals surface area contributed by atoms with Crippen LogP contribution in [0.1, 0.15) is 29.9 Å². The van der Waals surface area contributed by atoms with E-state index in [1.54, 1.807) is 30.5 Å². The van der Waals surface area contributed by atoms with Crippen LogP contribution < -0.4 is 15.5 Å². The van der Waals surface area contributed by atoms with Crippen molar-refractivity contribution in [2.75, 3.05) is 28.6 Å². The predicted molar refractivity (Wildman–Crippen MR) is 117 cm³/mol. The molecule has 0 saturated carbocycles. The van der Waals surface area contributed by atoms with E-state index in [0.717, 1.165) is 18.8 Å². The molecule has 146 valence electrons. The number of nitrogens with zero attached hydrogens (tertiary/aromatic N) is 3. The third-order valence-corrected chi connectivity index (χ3v) is 4.57. The van der Waals surface area contributed by atoms with E-state index in [-0.39, 0.29) is 11.6 Å². The first-order valence-electron chi connectivity index (χ1n) is 9.53. The minimum atomic E-state index is -0.294. The molecular formula is C23H23N5O. The number of carbonyl (C=O) groups excluding carboxylic acids is 1. The lowest BCUT2D eigenvalue weighted by Gasteiger charge is -2.21. The molecule has 0 aliphatic rings. The van der Waals surface area contributed by atoms with Gasteiger partial charge in [0.15, 0.2) is 0 Å². The highest BCUT2D eigenvalue weighted by Crippen LogP contribution is 2.21. The van der Waals surface area contributed by atoms with Crippen LogP contribution in [0.15, 0.2) is 66.9 Å². The Morgan fingerprint density at radius 2 is 1.76 bits per heavy atom.